The van der Waals surface area contributed by atoms with Crippen LogP contribution in [0.15, 0.2) is 18.2 Å². The van der Waals surface area contributed by atoms with Crippen LogP contribution in [0.1, 0.15) is 53.4 Å². The molecule has 1 saturated carbocycles. The summed E-state index contributed by atoms with van der Waals surface area (Å²) in [5.74, 6) is 0.580. The Morgan fingerprint density at radius 2 is 2.04 bits per heavy atom. The second kappa shape index (κ2) is 4.90. The number of fused-ring (bicyclic) bond motifs is 2. The maximum Gasteiger partial charge on any atom is 0.214 e. The minimum absolute atomic E-state index is 0.569. The average molecular weight is 320 g/mol. The first-order chi connectivity index (χ1) is 11.3. The summed E-state index contributed by atoms with van der Waals surface area (Å²) >= 11 is 1.64. The van der Waals surface area contributed by atoms with E-state index in [-0.39, 0.29) is 0 Å². The summed E-state index contributed by atoms with van der Waals surface area (Å²) in [5, 5.41) is 15.4. The molecule has 114 valence electrons. The van der Waals surface area contributed by atoms with Crippen LogP contribution in [0, 0.1) is 11.3 Å². The molecule has 0 unspecified atom stereocenters. The van der Waals surface area contributed by atoms with E-state index in [1.807, 2.05) is 0 Å². The Balaban J connectivity index is 1.63. The van der Waals surface area contributed by atoms with Gasteiger partial charge < -0.3 is 0 Å². The van der Waals surface area contributed by atoms with Gasteiger partial charge >= 0.3 is 0 Å². The molecule has 0 N–H and O–H groups in total. The minimum atomic E-state index is 0.569. The topological polar surface area (TPSA) is 54.0 Å². The molecule has 0 spiro atoms. The fraction of sp³-hybridized carbons (Fsp3) is 0.389. The lowest BCUT2D eigenvalue weighted by molar-refractivity contribution is 0.415. The van der Waals surface area contributed by atoms with E-state index in [9.17, 15) is 5.26 Å². The molecule has 0 aliphatic heterocycles. The fourth-order valence-electron chi connectivity index (χ4n) is 3.60. The molecule has 2 aliphatic carbocycles. The van der Waals surface area contributed by atoms with E-state index in [4.69, 9.17) is 4.98 Å². The number of nitrogens with zero attached hydrogens (tertiary/aromatic N) is 4. The number of hydrogen-bond acceptors (Lipinski definition) is 4. The van der Waals surface area contributed by atoms with Crippen LogP contribution in [0.2, 0.25) is 0 Å². The van der Waals surface area contributed by atoms with Crippen molar-refractivity contribution < 1.29 is 0 Å². The zero-order valence-electron chi connectivity index (χ0n) is 12.7. The van der Waals surface area contributed by atoms with Crippen molar-refractivity contribution in [2.75, 3.05) is 0 Å². The van der Waals surface area contributed by atoms with Crippen molar-refractivity contribution in [1.29, 1.82) is 5.26 Å². The monoisotopic (exact) mass is 320 g/mol. The van der Waals surface area contributed by atoms with Crippen LogP contribution in [0.4, 0.5) is 0 Å². The van der Waals surface area contributed by atoms with Crippen molar-refractivity contribution in [2.24, 2.45) is 0 Å². The summed E-state index contributed by atoms with van der Waals surface area (Å²) in [6, 6.07) is 8.82. The third-order valence-electron chi connectivity index (χ3n) is 5.15. The zero-order chi connectivity index (χ0) is 15.4. The van der Waals surface area contributed by atoms with Crippen LogP contribution in [0.3, 0.4) is 0 Å². The zero-order valence-corrected chi connectivity index (χ0v) is 13.6. The third-order valence-corrected chi connectivity index (χ3v) is 6.22. The normalized spacial score (nSPS) is 17.2. The van der Waals surface area contributed by atoms with Gasteiger partial charge in [0, 0.05) is 11.5 Å². The number of benzene rings is 1. The van der Waals surface area contributed by atoms with Gasteiger partial charge in [-0.15, -0.1) is 0 Å². The van der Waals surface area contributed by atoms with Gasteiger partial charge in [0.1, 0.15) is 16.8 Å². The Morgan fingerprint density at radius 3 is 2.83 bits per heavy atom. The lowest BCUT2D eigenvalue weighted by Gasteiger charge is -2.21. The number of aromatic nitrogens is 3. The van der Waals surface area contributed by atoms with Gasteiger partial charge in [0.15, 0.2) is 5.69 Å². The number of hydrogen-bond donors (Lipinski definition) is 0. The van der Waals surface area contributed by atoms with Crippen LogP contribution in [-0.4, -0.2) is 14.6 Å². The molecule has 0 bridgehead atoms. The van der Waals surface area contributed by atoms with E-state index in [1.54, 1.807) is 15.9 Å². The third kappa shape index (κ3) is 1.95. The summed E-state index contributed by atoms with van der Waals surface area (Å²) in [5.41, 5.74) is 5.25. The molecular weight excluding hydrogens is 304 g/mol. The van der Waals surface area contributed by atoms with Crippen molar-refractivity contribution in [1.82, 2.24) is 14.6 Å². The second-order valence-corrected chi connectivity index (χ2v) is 7.51. The van der Waals surface area contributed by atoms with Crippen LogP contribution >= 0.6 is 11.3 Å². The first kappa shape index (κ1) is 13.3. The van der Waals surface area contributed by atoms with Crippen molar-refractivity contribution in [3.05, 3.63) is 40.0 Å². The number of aryl methyl sites for hydroxylation is 2. The summed E-state index contributed by atoms with van der Waals surface area (Å²) in [6.45, 7) is 0. The Labute approximate surface area is 138 Å². The lowest BCUT2D eigenvalue weighted by Crippen LogP contribution is -2.08. The quantitative estimate of drug-likeness (QED) is 0.714. The number of imidazole rings is 1. The summed E-state index contributed by atoms with van der Waals surface area (Å²) in [4.78, 5) is 5.58. The molecule has 0 radical (unpaired) electrons. The first-order valence-electron chi connectivity index (χ1n) is 8.25. The Bertz CT molecular complexity index is 955. The molecule has 23 heavy (non-hydrogen) atoms. The highest BCUT2D eigenvalue weighted by Gasteiger charge is 2.26. The van der Waals surface area contributed by atoms with Crippen LogP contribution in [0.5, 0.6) is 0 Å². The summed E-state index contributed by atoms with van der Waals surface area (Å²) < 4.78 is 1.75. The molecule has 2 heterocycles. The molecule has 2 aromatic heterocycles. The van der Waals surface area contributed by atoms with E-state index in [1.165, 1.54) is 43.2 Å². The first-order valence-corrected chi connectivity index (χ1v) is 9.07. The van der Waals surface area contributed by atoms with E-state index in [0.717, 1.165) is 27.6 Å². The largest absolute Gasteiger partial charge is 0.216 e. The molecule has 4 nitrogen and oxygen atoms in total. The van der Waals surface area contributed by atoms with E-state index < -0.39 is 0 Å². The Hall–Kier alpha value is -2.19. The van der Waals surface area contributed by atoms with Crippen molar-refractivity contribution in [3.63, 3.8) is 0 Å². The molecule has 3 aromatic rings. The maximum absolute atomic E-state index is 9.63. The predicted molar refractivity (Wildman–Crippen MR) is 89.6 cm³/mol. The molecule has 0 atom stereocenters. The van der Waals surface area contributed by atoms with Gasteiger partial charge in [-0.1, -0.05) is 29.9 Å². The summed E-state index contributed by atoms with van der Waals surface area (Å²) in [7, 11) is 0. The Morgan fingerprint density at radius 1 is 1.17 bits per heavy atom. The SMILES string of the molecule is N#Cc1c(-c2ccc3c(c2)CCC3)nc2sc(C3CCC3)nn12. The number of nitriles is 1. The van der Waals surface area contributed by atoms with Gasteiger partial charge in [0.2, 0.25) is 4.96 Å². The highest BCUT2D eigenvalue weighted by molar-refractivity contribution is 7.16. The molecule has 1 fully saturated rings. The minimum Gasteiger partial charge on any atom is -0.216 e. The lowest BCUT2D eigenvalue weighted by atomic mass is 9.86. The maximum atomic E-state index is 9.63. The highest BCUT2D eigenvalue weighted by atomic mass is 32.1. The molecule has 0 saturated heterocycles. The molecular formula is C18H16N4S. The van der Waals surface area contributed by atoms with Crippen LogP contribution in [0.25, 0.3) is 16.2 Å². The van der Waals surface area contributed by atoms with Crippen LogP contribution in [-0.2, 0) is 12.8 Å². The van der Waals surface area contributed by atoms with E-state index in [0.29, 0.717) is 11.6 Å². The molecule has 1 aromatic carbocycles. The average Bonchev–Trinajstić information content (AvgIpc) is 3.17. The second-order valence-electron chi connectivity index (χ2n) is 6.52. The molecule has 5 heteroatoms. The fourth-order valence-corrected chi connectivity index (χ4v) is 4.67. The smallest absolute Gasteiger partial charge is 0.214 e. The van der Waals surface area contributed by atoms with Gasteiger partial charge in [0.25, 0.3) is 0 Å². The van der Waals surface area contributed by atoms with Crippen LogP contribution < -0.4 is 0 Å². The molecule has 2 aliphatic rings. The van der Waals surface area contributed by atoms with Gasteiger partial charge in [-0.05, 0) is 49.3 Å². The van der Waals surface area contributed by atoms with Gasteiger partial charge in [-0.2, -0.15) is 14.9 Å². The van der Waals surface area contributed by atoms with Crippen molar-refractivity contribution in [3.8, 4) is 17.3 Å². The van der Waals surface area contributed by atoms with Gasteiger partial charge in [-0.3, -0.25) is 0 Å². The van der Waals surface area contributed by atoms with Gasteiger partial charge in [0.05, 0.1) is 0 Å². The van der Waals surface area contributed by atoms with E-state index >= 15 is 0 Å². The highest BCUT2D eigenvalue weighted by Crippen LogP contribution is 2.39. The summed E-state index contributed by atoms with van der Waals surface area (Å²) in [6.07, 6.45) is 7.27. The number of rotatable bonds is 2. The molecule has 0 amide bonds. The standard InChI is InChI=1S/C18H16N4S/c19-10-15-16(14-8-7-11-3-1-6-13(11)9-14)20-18-22(15)21-17(23-18)12-4-2-5-12/h7-9,12H,1-6H2. The molecule has 5 rings (SSSR count). The van der Waals surface area contributed by atoms with Crippen molar-refractivity contribution >= 4 is 16.3 Å². The predicted octanol–water partition coefficient (Wildman–Crippen LogP) is 4.09. The van der Waals surface area contributed by atoms with E-state index in [2.05, 4.69) is 29.4 Å². The van der Waals surface area contributed by atoms with Crippen molar-refractivity contribution in [2.45, 2.75) is 44.4 Å². The Kier molecular flexibility index (Phi) is 2.83. The van der Waals surface area contributed by atoms with Gasteiger partial charge in [-0.25, -0.2) is 4.98 Å².